The van der Waals surface area contributed by atoms with Crippen LogP contribution in [0.1, 0.15) is 15.9 Å². The summed E-state index contributed by atoms with van der Waals surface area (Å²) in [6, 6.07) is 24.0. The molecule has 1 atom stereocenters. The molecule has 0 saturated carbocycles. The van der Waals surface area contributed by atoms with Crippen molar-refractivity contribution in [3.8, 4) is 11.1 Å². The van der Waals surface area contributed by atoms with Crippen LogP contribution in [-0.4, -0.2) is 25.0 Å². The third-order valence-corrected chi connectivity index (χ3v) is 5.20. The Kier molecular flexibility index (Phi) is 6.61. The van der Waals surface area contributed by atoms with Crippen LogP contribution in [0, 0.1) is 0 Å². The number of carbonyl (C=O) groups excluding carboxylic acids is 2. The molecule has 4 nitrogen and oxygen atoms in total. The van der Waals surface area contributed by atoms with E-state index in [4.69, 9.17) is 4.74 Å². The van der Waals surface area contributed by atoms with E-state index in [9.17, 15) is 9.59 Å². The maximum absolute atomic E-state index is 12.7. The number of ether oxygens (including phenoxy) is 1. The molecular weight excluding hydrogens is 418 g/mol. The number of hydrogen-bond acceptors (Lipinski definition) is 3. The molecule has 0 saturated heterocycles. The minimum Gasteiger partial charge on any atom is -0.467 e. The van der Waals surface area contributed by atoms with Gasteiger partial charge in [-0.15, -0.1) is 0 Å². The van der Waals surface area contributed by atoms with Crippen LogP contribution < -0.4 is 5.32 Å². The van der Waals surface area contributed by atoms with E-state index in [0.29, 0.717) is 12.0 Å². The smallest absolute Gasteiger partial charge is 0.328 e. The highest BCUT2D eigenvalue weighted by atomic mass is 79.9. The Balaban J connectivity index is 1.74. The van der Waals surface area contributed by atoms with Gasteiger partial charge in [0, 0.05) is 16.5 Å². The van der Waals surface area contributed by atoms with Gasteiger partial charge >= 0.3 is 5.97 Å². The molecule has 0 unspecified atom stereocenters. The Hall–Kier alpha value is -2.92. The van der Waals surface area contributed by atoms with Crippen molar-refractivity contribution in [2.45, 2.75) is 12.5 Å². The van der Waals surface area contributed by atoms with E-state index in [0.717, 1.165) is 21.2 Å². The lowest BCUT2D eigenvalue weighted by Gasteiger charge is -2.17. The van der Waals surface area contributed by atoms with E-state index >= 15 is 0 Å². The topological polar surface area (TPSA) is 55.4 Å². The lowest BCUT2D eigenvalue weighted by atomic mass is 10.0. The fraction of sp³-hybridized carbons (Fsp3) is 0.130. The number of benzene rings is 3. The quantitative estimate of drug-likeness (QED) is 0.571. The molecule has 28 heavy (non-hydrogen) atoms. The summed E-state index contributed by atoms with van der Waals surface area (Å²) in [6.45, 7) is 0. The van der Waals surface area contributed by atoms with Crippen LogP contribution >= 0.6 is 15.9 Å². The second-order valence-corrected chi connectivity index (χ2v) is 7.14. The van der Waals surface area contributed by atoms with Gasteiger partial charge in [-0.25, -0.2) is 4.79 Å². The van der Waals surface area contributed by atoms with Gasteiger partial charge in [0.25, 0.3) is 5.91 Å². The van der Waals surface area contributed by atoms with E-state index in [2.05, 4.69) is 21.2 Å². The maximum atomic E-state index is 12.7. The molecule has 0 fully saturated rings. The third-order valence-electron chi connectivity index (χ3n) is 4.43. The number of nitrogens with one attached hydrogen (secondary N) is 1. The molecule has 0 spiro atoms. The zero-order chi connectivity index (χ0) is 19.9. The summed E-state index contributed by atoms with van der Waals surface area (Å²) in [5.41, 5.74) is 3.50. The largest absolute Gasteiger partial charge is 0.467 e. The number of carbonyl (C=O) groups is 2. The first-order chi connectivity index (χ1) is 13.6. The number of hydrogen-bond donors (Lipinski definition) is 1. The molecule has 3 aromatic rings. The first kappa shape index (κ1) is 19.8. The fourth-order valence-corrected chi connectivity index (χ4v) is 3.35. The molecule has 5 heteroatoms. The fourth-order valence-electron chi connectivity index (χ4n) is 2.91. The zero-order valence-corrected chi connectivity index (χ0v) is 17.0. The molecular formula is C23H20BrNO3. The van der Waals surface area contributed by atoms with Gasteiger partial charge in [-0.05, 0) is 34.9 Å². The van der Waals surface area contributed by atoms with Crippen molar-refractivity contribution < 1.29 is 14.3 Å². The second-order valence-electron chi connectivity index (χ2n) is 6.29. The minimum absolute atomic E-state index is 0.318. The van der Waals surface area contributed by atoms with Gasteiger partial charge in [0.15, 0.2) is 0 Å². The average Bonchev–Trinajstić information content (AvgIpc) is 2.75. The van der Waals surface area contributed by atoms with E-state index in [1.165, 1.54) is 7.11 Å². The SMILES string of the molecule is COC(=O)[C@@H](Cc1ccccc1Br)NC(=O)c1ccc(-c2ccccc2)cc1. The van der Waals surface area contributed by atoms with Crippen molar-refractivity contribution in [2.24, 2.45) is 0 Å². The first-order valence-corrected chi connectivity index (χ1v) is 9.65. The zero-order valence-electron chi connectivity index (χ0n) is 15.4. The van der Waals surface area contributed by atoms with E-state index in [1.54, 1.807) is 12.1 Å². The Morgan fingerprint density at radius 3 is 2.14 bits per heavy atom. The molecule has 0 aromatic heterocycles. The van der Waals surface area contributed by atoms with Crippen molar-refractivity contribution >= 4 is 27.8 Å². The van der Waals surface area contributed by atoms with Crippen LogP contribution in [0.25, 0.3) is 11.1 Å². The molecule has 3 rings (SSSR count). The summed E-state index contributed by atoms with van der Waals surface area (Å²) in [5.74, 6) is -0.799. The van der Waals surface area contributed by atoms with Gasteiger partial charge in [-0.2, -0.15) is 0 Å². The Morgan fingerprint density at radius 1 is 0.893 bits per heavy atom. The van der Waals surface area contributed by atoms with Gasteiger partial charge < -0.3 is 10.1 Å². The number of halogens is 1. The summed E-state index contributed by atoms with van der Waals surface area (Å²) >= 11 is 3.47. The molecule has 0 bridgehead atoms. The monoisotopic (exact) mass is 437 g/mol. The predicted octanol–water partition coefficient (Wildman–Crippen LogP) is 4.63. The van der Waals surface area contributed by atoms with Gasteiger partial charge in [0.1, 0.15) is 6.04 Å². The van der Waals surface area contributed by atoms with E-state index in [-0.39, 0.29) is 5.91 Å². The van der Waals surface area contributed by atoms with Crippen LogP contribution in [0.5, 0.6) is 0 Å². The average molecular weight is 438 g/mol. The molecule has 3 aromatic carbocycles. The molecule has 142 valence electrons. The van der Waals surface area contributed by atoms with Crippen LogP contribution in [0.4, 0.5) is 0 Å². The highest BCUT2D eigenvalue weighted by Crippen LogP contribution is 2.20. The number of rotatable bonds is 6. The van der Waals surface area contributed by atoms with Gasteiger partial charge in [-0.1, -0.05) is 76.6 Å². The molecule has 0 aliphatic heterocycles. The Morgan fingerprint density at radius 2 is 1.50 bits per heavy atom. The Bertz CT molecular complexity index is 955. The van der Waals surface area contributed by atoms with Gasteiger partial charge in [0.2, 0.25) is 0 Å². The van der Waals surface area contributed by atoms with Crippen molar-refractivity contribution in [3.63, 3.8) is 0 Å². The maximum Gasteiger partial charge on any atom is 0.328 e. The van der Waals surface area contributed by atoms with E-state index in [1.807, 2.05) is 66.7 Å². The van der Waals surface area contributed by atoms with Gasteiger partial charge in [-0.3, -0.25) is 4.79 Å². The van der Waals surface area contributed by atoms with Crippen molar-refractivity contribution in [2.75, 3.05) is 7.11 Å². The number of methoxy groups -OCH3 is 1. The molecule has 0 heterocycles. The molecule has 1 amide bonds. The third kappa shape index (κ3) is 4.87. The highest BCUT2D eigenvalue weighted by Gasteiger charge is 2.23. The lowest BCUT2D eigenvalue weighted by molar-refractivity contribution is -0.142. The summed E-state index contributed by atoms with van der Waals surface area (Å²) in [7, 11) is 1.32. The Labute approximate surface area is 172 Å². The number of esters is 1. The van der Waals surface area contributed by atoms with E-state index < -0.39 is 12.0 Å². The van der Waals surface area contributed by atoms with Crippen LogP contribution in [0.15, 0.2) is 83.3 Å². The normalized spacial score (nSPS) is 11.5. The summed E-state index contributed by atoms with van der Waals surface area (Å²) < 4.78 is 5.75. The second kappa shape index (κ2) is 9.33. The van der Waals surface area contributed by atoms with Crippen LogP contribution in [0.3, 0.4) is 0 Å². The van der Waals surface area contributed by atoms with Crippen LogP contribution in [0.2, 0.25) is 0 Å². The van der Waals surface area contributed by atoms with Crippen molar-refractivity contribution in [1.29, 1.82) is 0 Å². The van der Waals surface area contributed by atoms with Crippen LogP contribution in [-0.2, 0) is 16.0 Å². The molecule has 1 N–H and O–H groups in total. The molecule has 0 radical (unpaired) electrons. The van der Waals surface area contributed by atoms with Crippen molar-refractivity contribution in [1.82, 2.24) is 5.32 Å². The van der Waals surface area contributed by atoms with Gasteiger partial charge in [0.05, 0.1) is 7.11 Å². The summed E-state index contributed by atoms with van der Waals surface area (Å²) in [6.07, 6.45) is 0.335. The standard InChI is InChI=1S/C23H20BrNO3/c1-28-23(27)21(15-19-9-5-6-10-20(19)24)25-22(26)18-13-11-17(12-14-18)16-7-3-2-4-8-16/h2-14,21H,15H2,1H3,(H,25,26)/t21-/m1/s1. The number of amides is 1. The predicted molar refractivity (Wildman–Crippen MR) is 113 cm³/mol. The van der Waals surface area contributed by atoms with Crippen molar-refractivity contribution in [3.05, 3.63) is 94.5 Å². The summed E-state index contributed by atoms with van der Waals surface area (Å²) in [5, 5.41) is 2.78. The first-order valence-electron chi connectivity index (χ1n) is 8.86. The summed E-state index contributed by atoms with van der Waals surface area (Å²) in [4.78, 5) is 24.8. The highest BCUT2D eigenvalue weighted by molar-refractivity contribution is 9.10. The molecule has 0 aliphatic rings. The minimum atomic E-state index is -0.773. The lowest BCUT2D eigenvalue weighted by Crippen LogP contribution is -2.43. The molecule has 0 aliphatic carbocycles.